The van der Waals surface area contributed by atoms with Gasteiger partial charge in [0.1, 0.15) is 6.04 Å². The second kappa shape index (κ2) is 9.75. The third-order valence-electron chi connectivity index (χ3n) is 5.75. The molecular formula is C26H28N4O2. The average molecular weight is 429 g/mol. The zero-order valence-corrected chi connectivity index (χ0v) is 18.5. The number of anilines is 1. The van der Waals surface area contributed by atoms with Gasteiger partial charge in [-0.2, -0.15) is 0 Å². The minimum atomic E-state index is -0.421. The molecule has 32 heavy (non-hydrogen) atoms. The highest BCUT2D eigenvalue weighted by atomic mass is 16.2. The lowest BCUT2D eigenvalue weighted by Gasteiger charge is -2.38. The maximum absolute atomic E-state index is 13.4. The van der Waals surface area contributed by atoms with Crippen molar-refractivity contribution in [2.24, 2.45) is 0 Å². The molecule has 0 bridgehead atoms. The highest BCUT2D eigenvalue weighted by Gasteiger charge is 2.32. The van der Waals surface area contributed by atoms with Crippen molar-refractivity contribution in [1.82, 2.24) is 14.8 Å². The maximum Gasteiger partial charge on any atom is 0.254 e. The van der Waals surface area contributed by atoms with Crippen molar-refractivity contribution < 1.29 is 9.59 Å². The highest BCUT2D eigenvalue weighted by Crippen LogP contribution is 2.25. The number of aromatic nitrogens is 1. The van der Waals surface area contributed by atoms with Gasteiger partial charge in [0.2, 0.25) is 5.91 Å². The number of hydrogen-bond donors (Lipinski definition) is 1. The van der Waals surface area contributed by atoms with E-state index in [1.165, 1.54) is 0 Å². The number of pyridine rings is 1. The minimum Gasteiger partial charge on any atom is -0.336 e. The van der Waals surface area contributed by atoms with Crippen LogP contribution in [0.15, 0.2) is 73.1 Å². The first-order valence-corrected chi connectivity index (χ1v) is 10.9. The molecule has 6 heteroatoms. The number of hydrogen-bond acceptors (Lipinski definition) is 4. The Hall–Kier alpha value is -3.51. The van der Waals surface area contributed by atoms with Crippen LogP contribution in [0.2, 0.25) is 0 Å². The lowest BCUT2D eigenvalue weighted by Crippen LogP contribution is -2.51. The fourth-order valence-electron chi connectivity index (χ4n) is 4.28. The summed E-state index contributed by atoms with van der Waals surface area (Å²) in [6.07, 6.45) is 3.26. The molecule has 164 valence electrons. The summed E-state index contributed by atoms with van der Waals surface area (Å²) in [5.74, 6) is -0.0573. The lowest BCUT2D eigenvalue weighted by molar-refractivity contribution is -0.122. The number of benzene rings is 2. The number of carbonyl (C=O) groups is 2. The third kappa shape index (κ3) is 5.03. The Morgan fingerprint density at radius 1 is 0.875 bits per heavy atom. The molecule has 1 N–H and O–H groups in total. The van der Waals surface area contributed by atoms with Crippen LogP contribution in [0.3, 0.4) is 0 Å². The molecule has 3 aromatic rings. The van der Waals surface area contributed by atoms with Crippen molar-refractivity contribution >= 4 is 17.5 Å². The molecule has 1 aromatic heterocycles. The lowest BCUT2D eigenvalue weighted by atomic mass is 10.0. The fraction of sp³-hybridized carbons (Fsp3) is 0.269. The van der Waals surface area contributed by atoms with Gasteiger partial charge in [0.05, 0.1) is 0 Å². The monoisotopic (exact) mass is 428 g/mol. The molecule has 0 radical (unpaired) electrons. The van der Waals surface area contributed by atoms with Gasteiger partial charge < -0.3 is 10.2 Å². The van der Waals surface area contributed by atoms with Crippen LogP contribution in [0.1, 0.15) is 33.1 Å². The molecular weight excluding hydrogens is 400 g/mol. The highest BCUT2D eigenvalue weighted by molar-refractivity contribution is 5.96. The Morgan fingerprint density at radius 2 is 1.50 bits per heavy atom. The second-order valence-corrected chi connectivity index (χ2v) is 8.24. The molecule has 1 atom stereocenters. The van der Waals surface area contributed by atoms with E-state index in [1.54, 1.807) is 24.5 Å². The van der Waals surface area contributed by atoms with Crippen LogP contribution in [0.4, 0.5) is 5.69 Å². The summed E-state index contributed by atoms with van der Waals surface area (Å²) in [4.78, 5) is 34.2. The van der Waals surface area contributed by atoms with Gasteiger partial charge in [0.15, 0.2) is 0 Å². The van der Waals surface area contributed by atoms with Gasteiger partial charge in [-0.05, 0) is 54.8 Å². The van der Waals surface area contributed by atoms with Gasteiger partial charge in [-0.3, -0.25) is 19.5 Å². The number of rotatable bonds is 5. The van der Waals surface area contributed by atoms with E-state index in [4.69, 9.17) is 0 Å². The first-order valence-electron chi connectivity index (χ1n) is 10.9. The number of carbonyl (C=O) groups excluding carboxylic acids is 2. The standard InChI is InChI=1S/C26H28N4O2/c1-19-16-20(2)18-23(17-19)28-25(31)24(21-6-4-3-5-7-21)29-12-14-30(15-13-29)26(32)22-8-10-27-11-9-22/h3-11,16-18,24H,12-15H2,1-2H3,(H,28,31)/t24-/m1/s1. The van der Waals surface area contributed by atoms with E-state index in [0.29, 0.717) is 31.7 Å². The topological polar surface area (TPSA) is 65.5 Å². The Labute approximate surface area is 188 Å². The number of amides is 2. The van der Waals surface area contributed by atoms with E-state index >= 15 is 0 Å². The zero-order valence-electron chi connectivity index (χ0n) is 18.5. The van der Waals surface area contributed by atoms with Crippen LogP contribution in [-0.4, -0.2) is 52.8 Å². The molecule has 2 amide bonds. The Kier molecular flexibility index (Phi) is 6.61. The Balaban J connectivity index is 1.50. The fourth-order valence-corrected chi connectivity index (χ4v) is 4.28. The van der Waals surface area contributed by atoms with Crippen molar-refractivity contribution in [2.45, 2.75) is 19.9 Å². The predicted octanol–water partition coefficient (Wildman–Crippen LogP) is 3.84. The minimum absolute atomic E-state index is 0.00278. The average Bonchev–Trinajstić information content (AvgIpc) is 2.80. The van der Waals surface area contributed by atoms with E-state index in [-0.39, 0.29) is 11.8 Å². The smallest absolute Gasteiger partial charge is 0.254 e. The molecule has 2 aromatic carbocycles. The van der Waals surface area contributed by atoms with E-state index in [0.717, 1.165) is 22.4 Å². The van der Waals surface area contributed by atoms with E-state index in [9.17, 15) is 9.59 Å². The van der Waals surface area contributed by atoms with Crippen LogP contribution in [-0.2, 0) is 4.79 Å². The van der Waals surface area contributed by atoms with Crippen LogP contribution < -0.4 is 5.32 Å². The molecule has 1 fully saturated rings. The van der Waals surface area contributed by atoms with Crippen LogP contribution >= 0.6 is 0 Å². The van der Waals surface area contributed by atoms with Gasteiger partial charge >= 0.3 is 0 Å². The number of piperazine rings is 1. The SMILES string of the molecule is Cc1cc(C)cc(NC(=O)[C@@H](c2ccccc2)N2CCN(C(=O)c3ccncc3)CC2)c1. The summed E-state index contributed by atoms with van der Waals surface area (Å²) in [5.41, 5.74) is 4.61. The summed E-state index contributed by atoms with van der Waals surface area (Å²) in [6.45, 7) is 6.43. The first kappa shape index (κ1) is 21.7. The summed E-state index contributed by atoms with van der Waals surface area (Å²) in [7, 11) is 0. The van der Waals surface area contributed by atoms with Crippen molar-refractivity contribution in [3.05, 3.63) is 95.3 Å². The molecule has 1 aliphatic heterocycles. The summed E-state index contributed by atoms with van der Waals surface area (Å²) < 4.78 is 0. The molecule has 1 saturated heterocycles. The van der Waals surface area contributed by atoms with Crippen LogP contribution in [0.5, 0.6) is 0 Å². The van der Waals surface area contributed by atoms with E-state index in [1.807, 2.05) is 61.2 Å². The Morgan fingerprint density at radius 3 is 2.12 bits per heavy atom. The normalized spacial score (nSPS) is 15.2. The van der Waals surface area contributed by atoms with Crippen molar-refractivity contribution in [1.29, 1.82) is 0 Å². The Bertz CT molecular complexity index is 1060. The van der Waals surface area contributed by atoms with E-state index in [2.05, 4.69) is 21.3 Å². The molecule has 2 heterocycles. The summed E-state index contributed by atoms with van der Waals surface area (Å²) in [5, 5.41) is 3.11. The number of aryl methyl sites for hydroxylation is 2. The molecule has 1 aliphatic rings. The van der Waals surface area contributed by atoms with Gasteiger partial charge in [-0.25, -0.2) is 0 Å². The quantitative estimate of drug-likeness (QED) is 0.671. The largest absolute Gasteiger partial charge is 0.336 e. The third-order valence-corrected chi connectivity index (χ3v) is 5.75. The molecule has 6 nitrogen and oxygen atoms in total. The van der Waals surface area contributed by atoms with Gasteiger partial charge in [0, 0.05) is 49.8 Å². The van der Waals surface area contributed by atoms with Crippen molar-refractivity contribution in [3.63, 3.8) is 0 Å². The maximum atomic E-state index is 13.4. The summed E-state index contributed by atoms with van der Waals surface area (Å²) >= 11 is 0. The van der Waals surface area contributed by atoms with Gasteiger partial charge in [0.25, 0.3) is 5.91 Å². The first-order chi connectivity index (χ1) is 15.5. The van der Waals surface area contributed by atoms with Crippen molar-refractivity contribution in [2.75, 3.05) is 31.5 Å². The number of nitrogens with one attached hydrogen (secondary N) is 1. The molecule has 0 unspecified atom stereocenters. The second-order valence-electron chi connectivity index (χ2n) is 8.24. The van der Waals surface area contributed by atoms with Gasteiger partial charge in [-0.1, -0.05) is 36.4 Å². The van der Waals surface area contributed by atoms with Crippen LogP contribution in [0, 0.1) is 13.8 Å². The van der Waals surface area contributed by atoms with Crippen molar-refractivity contribution in [3.8, 4) is 0 Å². The molecule has 0 spiro atoms. The van der Waals surface area contributed by atoms with E-state index < -0.39 is 6.04 Å². The predicted molar refractivity (Wildman–Crippen MR) is 125 cm³/mol. The summed E-state index contributed by atoms with van der Waals surface area (Å²) in [6, 6.07) is 18.9. The van der Waals surface area contributed by atoms with Gasteiger partial charge in [-0.15, -0.1) is 0 Å². The molecule has 0 saturated carbocycles. The zero-order chi connectivity index (χ0) is 22.5. The van der Waals surface area contributed by atoms with Crippen LogP contribution in [0.25, 0.3) is 0 Å². The molecule has 0 aliphatic carbocycles. The number of nitrogens with zero attached hydrogens (tertiary/aromatic N) is 3. The molecule has 4 rings (SSSR count).